The van der Waals surface area contributed by atoms with Gasteiger partial charge in [0.2, 0.25) is 10.0 Å². The van der Waals surface area contributed by atoms with Crippen LogP contribution in [0.2, 0.25) is 0 Å². The van der Waals surface area contributed by atoms with Crippen LogP contribution in [-0.2, 0) is 16.6 Å². The fourth-order valence-corrected chi connectivity index (χ4v) is 3.75. The van der Waals surface area contributed by atoms with Gasteiger partial charge in [-0.25, -0.2) is 13.1 Å². The van der Waals surface area contributed by atoms with Crippen molar-refractivity contribution in [3.05, 3.63) is 51.8 Å². The number of anilines is 1. The van der Waals surface area contributed by atoms with E-state index in [1.807, 2.05) is 19.1 Å². The second-order valence-electron chi connectivity index (χ2n) is 4.75. The molecular formula is C14H16BrN3O2S. The highest BCUT2D eigenvalue weighted by Gasteiger charge is 2.18. The van der Waals surface area contributed by atoms with Gasteiger partial charge in [0.25, 0.3) is 0 Å². The molecule has 0 saturated heterocycles. The van der Waals surface area contributed by atoms with E-state index < -0.39 is 10.0 Å². The van der Waals surface area contributed by atoms with E-state index in [0.717, 1.165) is 11.3 Å². The maximum Gasteiger partial charge on any atom is 0.241 e. The normalized spacial score (nSPS) is 11.6. The maximum absolute atomic E-state index is 12.4. The quantitative estimate of drug-likeness (QED) is 0.810. The van der Waals surface area contributed by atoms with Crippen LogP contribution in [0.25, 0.3) is 0 Å². The third kappa shape index (κ3) is 3.81. The highest BCUT2D eigenvalue weighted by atomic mass is 79.9. The number of sulfonamides is 1. The predicted octanol–water partition coefficient (Wildman–Crippen LogP) is 2.52. The zero-order valence-electron chi connectivity index (χ0n) is 11.7. The number of aromatic nitrogens is 1. The van der Waals surface area contributed by atoms with Crippen LogP contribution in [-0.4, -0.2) is 13.4 Å². The Morgan fingerprint density at radius 2 is 2.00 bits per heavy atom. The molecule has 7 heteroatoms. The largest absolute Gasteiger partial charge is 0.398 e. The van der Waals surface area contributed by atoms with Crippen LogP contribution < -0.4 is 10.5 Å². The Hall–Kier alpha value is -1.44. The summed E-state index contributed by atoms with van der Waals surface area (Å²) in [6.07, 6.45) is 1.65. The summed E-state index contributed by atoms with van der Waals surface area (Å²) < 4.78 is 28.0. The smallest absolute Gasteiger partial charge is 0.241 e. The molecule has 0 fully saturated rings. The lowest BCUT2D eigenvalue weighted by atomic mass is 10.2. The maximum atomic E-state index is 12.4. The molecule has 0 aliphatic heterocycles. The predicted molar refractivity (Wildman–Crippen MR) is 86.3 cm³/mol. The molecule has 21 heavy (non-hydrogen) atoms. The number of nitrogens with one attached hydrogen (secondary N) is 1. The molecule has 0 atom stereocenters. The lowest BCUT2D eigenvalue weighted by molar-refractivity contribution is 0.580. The summed E-state index contributed by atoms with van der Waals surface area (Å²) >= 11 is 3.26. The van der Waals surface area contributed by atoms with Gasteiger partial charge < -0.3 is 5.73 Å². The minimum absolute atomic E-state index is 0.175. The van der Waals surface area contributed by atoms with Crippen molar-refractivity contribution >= 4 is 31.6 Å². The molecule has 112 valence electrons. The Kier molecular flexibility index (Phi) is 4.65. The van der Waals surface area contributed by atoms with Gasteiger partial charge in [0, 0.05) is 28.6 Å². The van der Waals surface area contributed by atoms with Crippen LogP contribution in [0.15, 0.2) is 39.8 Å². The highest BCUT2D eigenvalue weighted by Crippen LogP contribution is 2.26. The van der Waals surface area contributed by atoms with Crippen molar-refractivity contribution in [3.63, 3.8) is 0 Å². The molecule has 0 bridgehead atoms. The topological polar surface area (TPSA) is 85.1 Å². The van der Waals surface area contributed by atoms with Gasteiger partial charge in [-0.3, -0.25) is 4.98 Å². The number of halogens is 1. The van der Waals surface area contributed by atoms with Gasteiger partial charge in [-0.15, -0.1) is 0 Å². The minimum Gasteiger partial charge on any atom is -0.398 e. The number of hydrogen-bond donors (Lipinski definition) is 2. The molecule has 0 saturated carbocycles. The van der Waals surface area contributed by atoms with Crippen LogP contribution in [0.3, 0.4) is 0 Å². The van der Waals surface area contributed by atoms with Crippen LogP contribution in [0.5, 0.6) is 0 Å². The molecule has 5 nitrogen and oxygen atoms in total. The van der Waals surface area contributed by atoms with Crippen molar-refractivity contribution in [3.8, 4) is 0 Å². The zero-order chi connectivity index (χ0) is 15.6. The summed E-state index contributed by atoms with van der Waals surface area (Å²) in [4.78, 5) is 4.31. The van der Waals surface area contributed by atoms with Crippen molar-refractivity contribution in [2.45, 2.75) is 25.3 Å². The fourth-order valence-electron chi connectivity index (χ4n) is 1.81. The van der Waals surface area contributed by atoms with Crippen molar-refractivity contribution in [1.29, 1.82) is 0 Å². The van der Waals surface area contributed by atoms with Gasteiger partial charge in [-0.05, 0) is 43.2 Å². The average Bonchev–Trinajstić information content (AvgIpc) is 2.42. The average molecular weight is 370 g/mol. The molecule has 2 aromatic rings. The summed E-state index contributed by atoms with van der Waals surface area (Å²) in [6, 6.07) is 6.90. The second kappa shape index (κ2) is 6.13. The summed E-state index contributed by atoms with van der Waals surface area (Å²) in [7, 11) is -3.63. The molecule has 0 aliphatic carbocycles. The Balaban J connectivity index is 2.25. The van der Waals surface area contributed by atoms with E-state index in [0.29, 0.717) is 15.7 Å². The van der Waals surface area contributed by atoms with E-state index in [1.165, 1.54) is 0 Å². The molecule has 0 unspecified atom stereocenters. The first-order valence-corrected chi connectivity index (χ1v) is 8.54. The van der Waals surface area contributed by atoms with E-state index >= 15 is 0 Å². The molecule has 0 aliphatic rings. The SMILES string of the molecule is Cc1ccc(CNS(=O)(=O)c2cc(Br)cc(N)c2C)cn1. The number of benzene rings is 1. The Morgan fingerprint density at radius 1 is 1.29 bits per heavy atom. The monoisotopic (exact) mass is 369 g/mol. The number of pyridine rings is 1. The third-order valence-electron chi connectivity index (χ3n) is 3.09. The van der Waals surface area contributed by atoms with E-state index in [2.05, 4.69) is 25.6 Å². The van der Waals surface area contributed by atoms with Crippen LogP contribution in [0, 0.1) is 13.8 Å². The van der Waals surface area contributed by atoms with Crippen molar-refractivity contribution in [1.82, 2.24) is 9.71 Å². The van der Waals surface area contributed by atoms with Crippen molar-refractivity contribution in [2.24, 2.45) is 0 Å². The van der Waals surface area contributed by atoms with Crippen molar-refractivity contribution in [2.75, 3.05) is 5.73 Å². The first-order chi connectivity index (χ1) is 9.79. The first-order valence-electron chi connectivity index (χ1n) is 6.26. The Labute approximate surface area is 132 Å². The van der Waals surface area contributed by atoms with E-state index in [-0.39, 0.29) is 11.4 Å². The number of hydrogen-bond acceptors (Lipinski definition) is 4. The van der Waals surface area contributed by atoms with Crippen LogP contribution in [0.1, 0.15) is 16.8 Å². The number of aryl methyl sites for hydroxylation is 1. The van der Waals surface area contributed by atoms with Crippen LogP contribution in [0.4, 0.5) is 5.69 Å². The van der Waals surface area contributed by atoms with Gasteiger partial charge in [-0.1, -0.05) is 22.0 Å². The number of nitrogens with two attached hydrogens (primary N) is 1. The highest BCUT2D eigenvalue weighted by molar-refractivity contribution is 9.10. The van der Waals surface area contributed by atoms with Gasteiger partial charge in [0.1, 0.15) is 0 Å². The molecule has 1 heterocycles. The summed E-state index contributed by atoms with van der Waals surface area (Å²) in [5, 5.41) is 0. The molecular weight excluding hydrogens is 354 g/mol. The van der Waals surface area contributed by atoms with E-state index in [9.17, 15) is 8.42 Å². The first kappa shape index (κ1) is 15.9. The molecule has 0 amide bonds. The van der Waals surface area contributed by atoms with E-state index in [4.69, 9.17) is 5.73 Å². The van der Waals surface area contributed by atoms with Crippen LogP contribution >= 0.6 is 15.9 Å². The Morgan fingerprint density at radius 3 is 2.62 bits per heavy atom. The van der Waals surface area contributed by atoms with Crippen molar-refractivity contribution < 1.29 is 8.42 Å². The third-order valence-corrected chi connectivity index (χ3v) is 5.08. The van der Waals surface area contributed by atoms with Gasteiger partial charge >= 0.3 is 0 Å². The molecule has 1 aromatic heterocycles. The van der Waals surface area contributed by atoms with Gasteiger partial charge in [0.15, 0.2) is 0 Å². The Bertz CT molecular complexity index is 759. The molecule has 2 rings (SSSR count). The molecule has 0 spiro atoms. The second-order valence-corrected chi connectivity index (χ2v) is 7.40. The van der Waals surface area contributed by atoms with E-state index in [1.54, 1.807) is 25.3 Å². The number of nitrogens with zero attached hydrogens (tertiary/aromatic N) is 1. The summed E-state index contributed by atoms with van der Waals surface area (Å²) in [5.41, 5.74) is 8.46. The van der Waals surface area contributed by atoms with Gasteiger partial charge in [-0.2, -0.15) is 0 Å². The molecule has 0 radical (unpaired) electrons. The number of nitrogen functional groups attached to an aromatic ring is 1. The number of rotatable bonds is 4. The summed E-state index contributed by atoms with van der Waals surface area (Å²) in [5.74, 6) is 0. The summed E-state index contributed by atoms with van der Waals surface area (Å²) in [6.45, 7) is 3.74. The lowest BCUT2D eigenvalue weighted by Crippen LogP contribution is -2.24. The molecule has 3 N–H and O–H groups in total. The standard InChI is InChI=1S/C14H16BrN3O2S/c1-9-3-4-11(7-17-9)8-18-21(19,20)14-6-12(15)5-13(16)10(14)2/h3-7,18H,8,16H2,1-2H3. The zero-order valence-corrected chi connectivity index (χ0v) is 14.1. The minimum atomic E-state index is -3.63. The molecule has 1 aromatic carbocycles. The lowest BCUT2D eigenvalue weighted by Gasteiger charge is -2.12. The van der Waals surface area contributed by atoms with Gasteiger partial charge in [0.05, 0.1) is 4.90 Å². The fraction of sp³-hybridized carbons (Fsp3) is 0.214.